The number of halogens is 1. The third-order valence-electron chi connectivity index (χ3n) is 7.11. The summed E-state index contributed by atoms with van der Waals surface area (Å²) in [5, 5.41) is 29.7. The number of anilines is 1. The molecular weight excluding hydrogens is 696 g/mol. The van der Waals surface area contributed by atoms with Crippen LogP contribution in [0.15, 0.2) is 91.9 Å². The Bertz CT molecular complexity index is 2240. The number of carbonyl (C=O) groups is 2. The molecule has 12 nitrogen and oxygen atoms in total. The lowest BCUT2D eigenvalue weighted by Gasteiger charge is -2.05. The molecule has 2 heterocycles. The second-order valence-corrected chi connectivity index (χ2v) is 14.1. The largest absolute Gasteiger partial charge is 0.322 e. The molecular formula is C32H21ClN6O6S3. The van der Waals surface area contributed by atoms with E-state index in [1.807, 2.05) is 0 Å². The molecule has 48 heavy (non-hydrogen) atoms. The summed E-state index contributed by atoms with van der Waals surface area (Å²) in [7, 11) is 0. The Morgan fingerprint density at radius 1 is 1.00 bits per heavy atom. The van der Waals surface area contributed by atoms with Gasteiger partial charge in [0.1, 0.15) is 0 Å². The van der Waals surface area contributed by atoms with Gasteiger partial charge in [-0.05, 0) is 97.4 Å². The lowest BCUT2D eigenvalue weighted by molar-refractivity contribution is -0.387. The highest BCUT2D eigenvalue weighted by Crippen LogP contribution is 2.40. The van der Waals surface area contributed by atoms with Crippen molar-refractivity contribution in [2.75, 3.05) is 5.32 Å². The first-order valence-corrected chi connectivity index (χ1v) is 16.8. The Morgan fingerprint density at radius 3 is 2.48 bits per heavy atom. The monoisotopic (exact) mass is 716 g/mol. The van der Waals surface area contributed by atoms with Gasteiger partial charge in [0.15, 0.2) is 9.51 Å². The molecule has 0 bridgehead atoms. The number of aryl methyl sites for hydroxylation is 1. The maximum absolute atomic E-state index is 12.7. The number of thiazole rings is 1. The topological polar surface area (TPSA) is 170 Å². The number of nitro benzene ring substituents is 2. The van der Waals surface area contributed by atoms with E-state index in [4.69, 9.17) is 11.6 Å². The molecule has 4 aromatic carbocycles. The van der Waals surface area contributed by atoms with Gasteiger partial charge in [0.05, 0.1) is 35.6 Å². The van der Waals surface area contributed by atoms with E-state index in [9.17, 15) is 29.8 Å². The zero-order valence-electron chi connectivity index (χ0n) is 24.8. The number of nitrogens with zero attached hydrogens (tertiary/aromatic N) is 4. The lowest BCUT2D eigenvalue weighted by atomic mass is 10.1. The van der Waals surface area contributed by atoms with Crippen molar-refractivity contribution in [2.24, 2.45) is 4.99 Å². The number of nitrogens with one attached hydrogen (secondary N) is 2. The zero-order valence-corrected chi connectivity index (χ0v) is 28.1. The zero-order chi connectivity index (χ0) is 34.1. The highest BCUT2D eigenvalue weighted by Gasteiger charge is 2.25. The quantitative estimate of drug-likeness (QED) is 0.0906. The Kier molecular flexibility index (Phi) is 9.28. The lowest BCUT2D eigenvalue weighted by Crippen LogP contribution is -2.19. The molecule has 1 aromatic heterocycles. The molecule has 2 amide bonds. The fourth-order valence-corrected chi connectivity index (χ4v) is 7.72. The maximum Gasteiger partial charge on any atom is 0.283 e. The number of hydrogen-bond acceptors (Lipinski definition) is 11. The van der Waals surface area contributed by atoms with Crippen LogP contribution in [0.5, 0.6) is 0 Å². The van der Waals surface area contributed by atoms with Crippen molar-refractivity contribution in [3.63, 3.8) is 0 Å². The number of aromatic nitrogens is 1. The van der Waals surface area contributed by atoms with Crippen molar-refractivity contribution in [2.45, 2.75) is 23.1 Å². The second-order valence-electron chi connectivity index (χ2n) is 10.4. The van der Waals surface area contributed by atoms with Gasteiger partial charge in [0, 0.05) is 34.0 Å². The first kappa shape index (κ1) is 32.8. The number of aliphatic imine (C=N–C) groups is 1. The highest BCUT2D eigenvalue weighted by atomic mass is 35.5. The number of carbonyl (C=O) groups excluding carboxylic acids is 2. The van der Waals surface area contributed by atoms with Crippen LogP contribution in [-0.2, 0) is 4.79 Å². The molecule has 5 aromatic rings. The van der Waals surface area contributed by atoms with Crippen LogP contribution in [0.3, 0.4) is 0 Å². The predicted octanol–water partition coefficient (Wildman–Crippen LogP) is 8.68. The first-order chi connectivity index (χ1) is 22.9. The van der Waals surface area contributed by atoms with Gasteiger partial charge in [-0.2, -0.15) is 0 Å². The van der Waals surface area contributed by atoms with Gasteiger partial charge < -0.3 is 10.6 Å². The normalized spacial score (nSPS) is 14.4. The fourth-order valence-electron chi connectivity index (χ4n) is 4.60. The van der Waals surface area contributed by atoms with Crippen molar-refractivity contribution < 1.29 is 19.4 Å². The molecule has 1 saturated heterocycles. The first-order valence-electron chi connectivity index (χ1n) is 13.9. The van der Waals surface area contributed by atoms with Crippen LogP contribution in [0.1, 0.15) is 27.0 Å². The van der Waals surface area contributed by atoms with Crippen molar-refractivity contribution in [1.82, 2.24) is 10.3 Å². The van der Waals surface area contributed by atoms with Crippen LogP contribution in [-0.4, -0.2) is 31.8 Å². The Balaban J connectivity index is 1.19. The van der Waals surface area contributed by atoms with Gasteiger partial charge in [-0.25, -0.2) is 9.98 Å². The van der Waals surface area contributed by atoms with Crippen LogP contribution in [0.25, 0.3) is 16.3 Å². The highest BCUT2D eigenvalue weighted by molar-refractivity contribution is 8.18. The summed E-state index contributed by atoms with van der Waals surface area (Å²) in [5.41, 5.74) is 3.44. The Labute approximate surface area is 289 Å². The molecule has 0 saturated carbocycles. The molecule has 6 rings (SSSR count). The summed E-state index contributed by atoms with van der Waals surface area (Å²) < 4.78 is 1.35. The van der Waals surface area contributed by atoms with Crippen LogP contribution < -0.4 is 10.6 Å². The van der Waals surface area contributed by atoms with Crippen LogP contribution in [0.4, 0.5) is 22.7 Å². The van der Waals surface area contributed by atoms with E-state index >= 15 is 0 Å². The smallest absolute Gasteiger partial charge is 0.283 e. The number of thioether (sulfide) groups is 1. The van der Waals surface area contributed by atoms with Crippen LogP contribution >= 0.6 is 46.5 Å². The van der Waals surface area contributed by atoms with E-state index in [0.717, 1.165) is 28.2 Å². The average molecular weight is 717 g/mol. The molecule has 240 valence electrons. The average Bonchev–Trinajstić information content (AvgIpc) is 3.60. The summed E-state index contributed by atoms with van der Waals surface area (Å²) in [4.78, 5) is 57.4. The van der Waals surface area contributed by atoms with E-state index in [2.05, 4.69) is 20.6 Å². The number of amidine groups is 1. The van der Waals surface area contributed by atoms with Crippen molar-refractivity contribution in [3.8, 4) is 0 Å². The van der Waals surface area contributed by atoms with Gasteiger partial charge in [-0.1, -0.05) is 29.4 Å². The minimum Gasteiger partial charge on any atom is -0.322 e. The number of amides is 2. The van der Waals surface area contributed by atoms with E-state index in [1.165, 1.54) is 29.5 Å². The van der Waals surface area contributed by atoms with Crippen LogP contribution in [0, 0.1) is 34.1 Å². The van der Waals surface area contributed by atoms with E-state index in [0.29, 0.717) is 53.4 Å². The second kappa shape index (κ2) is 13.6. The molecule has 0 atom stereocenters. The minimum atomic E-state index is -0.497. The molecule has 16 heteroatoms. The third-order valence-corrected chi connectivity index (χ3v) is 10.4. The van der Waals surface area contributed by atoms with E-state index in [1.54, 1.807) is 74.5 Å². The Hall–Kier alpha value is -5.09. The van der Waals surface area contributed by atoms with Gasteiger partial charge in [0.2, 0.25) is 0 Å². The van der Waals surface area contributed by atoms with Crippen molar-refractivity contribution >= 4 is 102 Å². The molecule has 0 aliphatic carbocycles. The predicted molar refractivity (Wildman–Crippen MR) is 190 cm³/mol. The molecule has 0 spiro atoms. The number of nitro groups is 2. The number of fused-ring (bicyclic) bond motifs is 1. The van der Waals surface area contributed by atoms with Crippen molar-refractivity contribution in [1.29, 1.82) is 0 Å². The molecule has 2 N–H and O–H groups in total. The standard InChI is InChI=1S/C32H21ClN6O6S3/c1-16-11-22(14-24(17(16)2)38(42)43)35-31-37-30(41)28(46-31)13-18-3-10-26(25(12-18)39(44)45)47-32-36-23-9-8-21(15-27(23)48-32)34-29(40)19-4-6-20(33)7-5-19/h3-15H,1-2H3,(H,34,40)(H,35,37,41)/b28-13-. The van der Waals surface area contributed by atoms with E-state index < -0.39 is 15.8 Å². The molecule has 0 radical (unpaired) electrons. The summed E-state index contributed by atoms with van der Waals surface area (Å²) in [5.74, 6) is -0.739. The number of hydrogen-bond donors (Lipinski definition) is 2. The summed E-state index contributed by atoms with van der Waals surface area (Å²) in [6.45, 7) is 3.40. The Morgan fingerprint density at radius 2 is 1.75 bits per heavy atom. The summed E-state index contributed by atoms with van der Waals surface area (Å²) in [6.07, 6.45) is 1.52. The minimum absolute atomic E-state index is 0.0703. The van der Waals surface area contributed by atoms with Crippen molar-refractivity contribution in [3.05, 3.63) is 125 Å². The van der Waals surface area contributed by atoms with Crippen LogP contribution in [0.2, 0.25) is 5.02 Å². The number of benzene rings is 4. The summed E-state index contributed by atoms with van der Waals surface area (Å²) >= 11 is 9.40. The molecule has 1 aliphatic heterocycles. The molecule has 1 fully saturated rings. The molecule has 1 aliphatic rings. The third kappa shape index (κ3) is 7.23. The molecule has 0 unspecified atom stereocenters. The number of rotatable bonds is 8. The van der Waals surface area contributed by atoms with Gasteiger partial charge >= 0.3 is 0 Å². The van der Waals surface area contributed by atoms with E-state index in [-0.39, 0.29) is 27.4 Å². The SMILES string of the molecule is Cc1cc(N=C2NC(=O)/C(=C/c3ccc(Sc4nc5ccc(NC(=O)c6ccc(Cl)cc6)cc5s4)c([N+](=O)[O-])c3)S2)cc([N+](=O)[O-])c1C. The van der Waals surface area contributed by atoms with Gasteiger partial charge in [-0.15, -0.1) is 11.3 Å². The fraction of sp³-hybridized carbons (Fsp3) is 0.0625. The van der Waals surface area contributed by atoms with Gasteiger partial charge in [-0.3, -0.25) is 29.8 Å². The summed E-state index contributed by atoms with van der Waals surface area (Å²) in [6, 6.07) is 19.5. The maximum atomic E-state index is 12.7. The van der Waals surface area contributed by atoms with Gasteiger partial charge in [0.25, 0.3) is 23.2 Å².